The molecule has 1 heterocycles. The van der Waals surface area contributed by atoms with Gasteiger partial charge >= 0.3 is 0 Å². The highest BCUT2D eigenvalue weighted by molar-refractivity contribution is 7.89. The lowest BCUT2D eigenvalue weighted by Gasteiger charge is -2.14. The fourth-order valence-corrected chi connectivity index (χ4v) is 3.68. The Labute approximate surface area is 119 Å². The van der Waals surface area contributed by atoms with Gasteiger partial charge in [0.25, 0.3) is 0 Å². The Morgan fingerprint density at radius 1 is 1.50 bits per heavy atom. The number of sulfonamides is 1. The van der Waals surface area contributed by atoms with Crippen LogP contribution in [0.25, 0.3) is 0 Å². The van der Waals surface area contributed by atoms with Crippen LogP contribution in [0.1, 0.15) is 12.0 Å². The van der Waals surface area contributed by atoms with E-state index in [9.17, 15) is 13.5 Å². The van der Waals surface area contributed by atoms with Gasteiger partial charge in [0.05, 0.1) is 18.6 Å². The molecule has 112 valence electrons. The zero-order valence-electron chi connectivity index (χ0n) is 11.7. The van der Waals surface area contributed by atoms with Crippen molar-refractivity contribution in [1.82, 2.24) is 9.62 Å². The Balaban J connectivity index is 2.21. The van der Waals surface area contributed by atoms with Gasteiger partial charge in [0.2, 0.25) is 10.0 Å². The first kappa shape index (κ1) is 15.2. The highest BCUT2D eigenvalue weighted by Gasteiger charge is 2.25. The van der Waals surface area contributed by atoms with E-state index in [2.05, 4.69) is 9.62 Å². The topological polar surface area (TPSA) is 78.9 Å². The van der Waals surface area contributed by atoms with E-state index in [1.54, 1.807) is 6.07 Å². The highest BCUT2D eigenvalue weighted by atomic mass is 32.2. The molecule has 0 saturated carbocycles. The third-order valence-corrected chi connectivity index (χ3v) is 4.96. The molecule has 1 fully saturated rings. The summed E-state index contributed by atoms with van der Waals surface area (Å²) in [5.41, 5.74) is 0.457. The van der Waals surface area contributed by atoms with Gasteiger partial charge in [-0.1, -0.05) is 0 Å². The van der Waals surface area contributed by atoms with Crippen molar-refractivity contribution >= 4 is 10.0 Å². The van der Waals surface area contributed by atoms with Crippen molar-refractivity contribution in [2.75, 3.05) is 27.2 Å². The van der Waals surface area contributed by atoms with Crippen LogP contribution in [0.3, 0.4) is 0 Å². The zero-order chi connectivity index (χ0) is 14.8. The fraction of sp³-hybridized carbons (Fsp3) is 0.538. The summed E-state index contributed by atoms with van der Waals surface area (Å²) in [6, 6.07) is 4.42. The van der Waals surface area contributed by atoms with Crippen molar-refractivity contribution in [3.05, 3.63) is 23.8 Å². The number of aliphatic hydroxyl groups excluding tert-OH is 1. The summed E-state index contributed by atoms with van der Waals surface area (Å²) >= 11 is 0. The summed E-state index contributed by atoms with van der Waals surface area (Å²) in [4.78, 5) is 2.23. The van der Waals surface area contributed by atoms with Gasteiger partial charge in [0.15, 0.2) is 0 Å². The summed E-state index contributed by atoms with van der Waals surface area (Å²) in [6.45, 7) is 1.33. The van der Waals surface area contributed by atoms with Crippen molar-refractivity contribution < 1.29 is 18.3 Å². The minimum absolute atomic E-state index is 0.0651. The van der Waals surface area contributed by atoms with Gasteiger partial charge < -0.3 is 14.7 Å². The molecule has 1 saturated heterocycles. The van der Waals surface area contributed by atoms with Crippen LogP contribution in [0.4, 0.5) is 0 Å². The maximum absolute atomic E-state index is 12.3. The Morgan fingerprint density at radius 2 is 2.25 bits per heavy atom. The third-order valence-electron chi connectivity index (χ3n) is 3.45. The molecule has 0 spiro atoms. The second kappa shape index (κ2) is 6.09. The van der Waals surface area contributed by atoms with Crippen LogP contribution in [0, 0.1) is 0 Å². The van der Waals surface area contributed by atoms with Gasteiger partial charge in [-0.3, -0.25) is 0 Å². The van der Waals surface area contributed by atoms with E-state index in [1.807, 2.05) is 7.05 Å². The van der Waals surface area contributed by atoms with Crippen LogP contribution in [-0.4, -0.2) is 51.7 Å². The van der Waals surface area contributed by atoms with E-state index in [4.69, 9.17) is 4.74 Å². The van der Waals surface area contributed by atoms with E-state index in [1.165, 1.54) is 19.2 Å². The zero-order valence-corrected chi connectivity index (χ0v) is 12.5. The standard InChI is InChI=1S/C13H20N2O4S/c1-15-6-5-11(8-15)14-20(17,18)12-3-4-13(19-2)10(7-12)9-16/h3-4,7,11,14,16H,5-6,8-9H2,1-2H3. The Bertz CT molecular complexity index is 574. The fourth-order valence-electron chi connectivity index (χ4n) is 2.36. The van der Waals surface area contributed by atoms with Crippen LogP contribution < -0.4 is 9.46 Å². The number of likely N-dealkylation sites (N-methyl/N-ethyl adjacent to an activating group) is 1. The molecule has 2 N–H and O–H groups in total. The van der Waals surface area contributed by atoms with Gasteiger partial charge in [0.1, 0.15) is 5.75 Å². The number of likely N-dealkylation sites (tertiary alicyclic amines) is 1. The van der Waals surface area contributed by atoms with Gasteiger partial charge in [-0.05, 0) is 38.2 Å². The number of nitrogens with zero attached hydrogens (tertiary/aromatic N) is 1. The first-order valence-electron chi connectivity index (χ1n) is 6.45. The second-order valence-corrected chi connectivity index (χ2v) is 6.71. The largest absolute Gasteiger partial charge is 0.496 e. The summed E-state index contributed by atoms with van der Waals surface area (Å²) in [5.74, 6) is 0.479. The smallest absolute Gasteiger partial charge is 0.240 e. The molecule has 7 heteroatoms. The monoisotopic (exact) mass is 300 g/mol. The number of rotatable bonds is 5. The van der Waals surface area contributed by atoms with Crippen LogP contribution in [0.15, 0.2) is 23.1 Å². The molecule has 1 aromatic rings. The number of aliphatic hydroxyl groups is 1. The molecule has 1 aromatic carbocycles. The molecule has 2 rings (SSSR count). The van der Waals surface area contributed by atoms with E-state index in [0.717, 1.165) is 13.0 Å². The van der Waals surface area contributed by atoms with Crippen molar-refractivity contribution in [2.45, 2.75) is 24.0 Å². The SMILES string of the molecule is COc1ccc(S(=O)(=O)NC2CCN(C)C2)cc1CO. The van der Waals surface area contributed by atoms with Crippen LogP contribution in [0.2, 0.25) is 0 Å². The molecule has 0 radical (unpaired) electrons. The number of hydrogen-bond donors (Lipinski definition) is 2. The van der Waals surface area contributed by atoms with Gasteiger partial charge in [-0.2, -0.15) is 0 Å². The second-order valence-electron chi connectivity index (χ2n) is 5.00. The highest BCUT2D eigenvalue weighted by Crippen LogP contribution is 2.23. The van der Waals surface area contributed by atoms with Gasteiger partial charge in [-0.15, -0.1) is 0 Å². The van der Waals surface area contributed by atoms with Crippen molar-refractivity contribution in [3.8, 4) is 5.75 Å². The van der Waals surface area contributed by atoms with E-state index >= 15 is 0 Å². The lowest BCUT2D eigenvalue weighted by atomic mass is 10.2. The average Bonchev–Trinajstić information content (AvgIpc) is 2.82. The number of benzene rings is 1. The lowest BCUT2D eigenvalue weighted by Crippen LogP contribution is -2.36. The third kappa shape index (κ3) is 3.29. The summed E-state index contributed by atoms with van der Waals surface area (Å²) < 4.78 is 32.4. The van der Waals surface area contributed by atoms with Gasteiger partial charge in [-0.25, -0.2) is 13.1 Å². The Kier molecular flexibility index (Phi) is 4.64. The number of methoxy groups -OCH3 is 1. The molecule has 1 unspecified atom stereocenters. The number of nitrogens with one attached hydrogen (secondary N) is 1. The van der Waals surface area contributed by atoms with Gasteiger partial charge in [0, 0.05) is 18.2 Å². The average molecular weight is 300 g/mol. The van der Waals surface area contributed by atoms with Crippen molar-refractivity contribution in [1.29, 1.82) is 0 Å². The minimum atomic E-state index is -3.57. The van der Waals surface area contributed by atoms with Crippen LogP contribution in [-0.2, 0) is 16.6 Å². The normalized spacial score (nSPS) is 20.2. The maximum atomic E-state index is 12.3. The molecule has 0 bridgehead atoms. The summed E-state index contributed by atoms with van der Waals surface area (Å²) in [5, 5.41) is 9.26. The van der Waals surface area contributed by atoms with E-state index in [-0.39, 0.29) is 17.5 Å². The molecule has 0 aliphatic carbocycles. The van der Waals surface area contributed by atoms with Crippen molar-refractivity contribution in [3.63, 3.8) is 0 Å². The molecular formula is C13H20N2O4S. The summed E-state index contributed by atoms with van der Waals surface area (Å²) in [6.07, 6.45) is 0.804. The summed E-state index contributed by atoms with van der Waals surface area (Å²) in [7, 11) is -0.123. The van der Waals surface area contributed by atoms with E-state index in [0.29, 0.717) is 17.9 Å². The van der Waals surface area contributed by atoms with Crippen LogP contribution >= 0.6 is 0 Å². The molecular weight excluding hydrogens is 280 g/mol. The first-order chi connectivity index (χ1) is 9.46. The van der Waals surface area contributed by atoms with Crippen LogP contribution in [0.5, 0.6) is 5.75 Å². The quantitative estimate of drug-likeness (QED) is 0.810. The predicted octanol–water partition coefficient (Wildman–Crippen LogP) is 0.170. The maximum Gasteiger partial charge on any atom is 0.240 e. The number of hydrogen-bond acceptors (Lipinski definition) is 5. The molecule has 1 aliphatic heterocycles. The van der Waals surface area contributed by atoms with Crippen molar-refractivity contribution in [2.24, 2.45) is 0 Å². The minimum Gasteiger partial charge on any atom is -0.496 e. The molecule has 1 atom stereocenters. The van der Waals surface area contributed by atoms with E-state index < -0.39 is 10.0 Å². The Morgan fingerprint density at radius 3 is 2.80 bits per heavy atom. The Hall–Kier alpha value is -1.15. The number of ether oxygens (including phenoxy) is 1. The first-order valence-corrected chi connectivity index (χ1v) is 7.93. The molecule has 1 aliphatic rings. The molecule has 0 amide bonds. The molecule has 6 nitrogen and oxygen atoms in total. The molecule has 0 aromatic heterocycles. The lowest BCUT2D eigenvalue weighted by molar-refractivity contribution is 0.273. The molecule has 20 heavy (non-hydrogen) atoms. The predicted molar refractivity (Wildman–Crippen MR) is 75.1 cm³/mol.